The first-order valence-corrected chi connectivity index (χ1v) is 7.24. The first-order valence-electron chi connectivity index (χ1n) is 5.50. The zero-order valence-electron chi connectivity index (χ0n) is 9.13. The molecule has 2 N–H and O–H groups in total. The first kappa shape index (κ1) is 13.4. The van der Waals surface area contributed by atoms with Crippen LogP contribution in [-0.2, 0) is 6.54 Å². The number of hydrogen-bond donors (Lipinski definition) is 2. The highest BCUT2D eigenvalue weighted by Crippen LogP contribution is 2.34. The Balaban J connectivity index is 1.93. The van der Waals surface area contributed by atoms with Gasteiger partial charge in [-0.2, -0.15) is 11.3 Å². The van der Waals surface area contributed by atoms with Crippen LogP contribution < -0.4 is 5.32 Å². The summed E-state index contributed by atoms with van der Waals surface area (Å²) in [7, 11) is 0. The smallest absolute Gasteiger partial charge is 0.274 e. The van der Waals surface area contributed by atoms with Crippen LogP contribution in [0.15, 0.2) is 15.2 Å². The first-order chi connectivity index (χ1) is 8.00. The van der Waals surface area contributed by atoms with Crippen molar-refractivity contribution in [2.75, 3.05) is 0 Å². The van der Waals surface area contributed by atoms with Crippen LogP contribution >= 0.6 is 27.3 Å². The van der Waals surface area contributed by atoms with Gasteiger partial charge in [-0.3, -0.25) is 0 Å². The maximum absolute atomic E-state index is 13.3. The summed E-state index contributed by atoms with van der Waals surface area (Å²) in [4.78, 5) is 0. The summed E-state index contributed by atoms with van der Waals surface area (Å²) >= 11 is 4.94. The van der Waals surface area contributed by atoms with Gasteiger partial charge in [0.2, 0.25) is 0 Å². The second-order valence-electron chi connectivity index (χ2n) is 4.33. The van der Waals surface area contributed by atoms with Crippen molar-refractivity contribution in [1.82, 2.24) is 5.32 Å². The Morgan fingerprint density at radius 2 is 2.29 bits per heavy atom. The topological polar surface area (TPSA) is 32.3 Å². The van der Waals surface area contributed by atoms with Gasteiger partial charge in [-0.15, -0.1) is 0 Å². The molecule has 0 unspecified atom stereocenters. The molecule has 0 radical (unpaired) electrons. The maximum atomic E-state index is 13.3. The Morgan fingerprint density at radius 3 is 2.94 bits per heavy atom. The van der Waals surface area contributed by atoms with E-state index in [0.717, 1.165) is 10.0 Å². The molecule has 0 saturated heterocycles. The monoisotopic (exact) mass is 325 g/mol. The zero-order chi connectivity index (χ0) is 12.5. The molecule has 1 heterocycles. The minimum absolute atomic E-state index is 0.214. The van der Waals surface area contributed by atoms with E-state index in [0.29, 0.717) is 19.4 Å². The van der Waals surface area contributed by atoms with E-state index in [9.17, 15) is 13.9 Å². The number of aliphatic hydroxyl groups excluding tert-OH is 1. The average molecular weight is 326 g/mol. The van der Waals surface area contributed by atoms with Crippen molar-refractivity contribution in [3.8, 4) is 0 Å². The van der Waals surface area contributed by atoms with Gasteiger partial charge < -0.3 is 10.4 Å². The molecule has 1 fully saturated rings. The van der Waals surface area contributed by atoms with Crippen molar-refractivity contribution in [2.45, 2.75) is 43.9 Å². The molecule has 0 aliphatic heterocycles. The van der Waals surface area contributed by atoms with Crippen LogP contribution in [0.1, 0.15) is 24.8 Å². The molecule has 1 saturated carbocycles. The second-order valence-corrected chi connectivity index (χ2v) is 5.93. The van der Waals surface area contributed by atoms with Gasteiger partial charge in [0.1, 0.15) is 6.10 Å². The lowest BCUT2D eigenvalue weighted by molar-refractivity contribution is -0.143. The second kappa shape index (κ2) is 5.30. The van der Waals surface area contributed by atoms with Crippen molar-refractivity contribution < 1.29 is 13.9 Å². The van der Waals surface area contributed by atoms with Gasteiger partial charge in [0.15, 0.2) is 0 Å². The molecule has 1 aromatic rings. The molecule has 1 aliphatic carbocycles. The molecule has 2 rings (SSSR count). The molecular formula is C11H14BrF2NOS. The Labute approximate surface area is 111 Å². The van der Waals surface area contributed by atoms with Crippen molar-refractivity contribution in [2.24, 2.45) is 0 Å². The van der Waals surface area contributed by atoms with Crippen LogP contribution in [0.4, 0.5) is 8.78 Å². The molecule has 0 amide bonds. The third-order valence-electron chi connectivity index (χ3n) is 3.08. The Morgan fingerprint density at radius 1 is 1.53 bits per heavy atom. The predicted octanol–water partition coefficient (Wildman–Crippen LogP) is 3.15. The summed E-state index contributed by atoms with van der Waals surface area (Å²) < 4.78 is 27.6. The number of halogens is 3. The highest BCUT2D eigenvalue weighted by Gasteiger charge is 2.45. The molecule has 1 aromatic heterocycles. The van der Waals surface area contributed by atoms with Crippen LogP contribution in [-0.4, -0.2) is 23.2 Å². The number of aliphatic hydroxyl groups is 1. The quantitative estimate of drug-likeness (QED) is 0.894. The zero-order valence-corrected chi connectivity index (χ0v) is 11.5. The van der Waals surface area contributed by atoms with E-state index in [-0.39, 0.29) is 6.42 Å². The van der Waals surface area contributed by atoms with E-state index < -0.39 is 18.1 Å². The van der Waals surface area contributed by atoms with Crippen LogP contribution in [0.2, 0.25) is 0 Å². The van der Waals surface area contributed by atoms with Crippen molar-refractivity contribution in [3.63, 3.8) is 0 Å². The number of thiophene rings is 1. The Hall–Kier alpha value is -0.0400. The lowest BCUT2D eigenvalue weighted by atomic mass is 9.89. The van der Waals surface area contributed by atoms with Crippen LogP contribution in [0.25, 0.3) is 0 Å². The summed E-state index contributed by atoms with van der Waals surface area (Å²) in [5.74, 6) is -2.96. The van der Waals surface area contributed by atoms with Crippen LogP contribution in [0.3, 0.4) is 0 Å². The van der Waals surface area contributed by atoms with Gasteiger partial charge in [-0.1, -0.05) is 0 Å². The Bertz CT molecular complexity index is 385. The van der Waals surface area contributed by atoms with E-state index in [1.807, 2.05) is 10.8 Å². The fraction of sp³-hybridized carbons (Fsp3) is 0.636. The van der Waals surface area contributed by atoms with Gasteiger partial charge in [-0.05, 0) is 39.7 Å². The number of alkyl halides is 2. The van der Waals surface area contributed by atoms with Crippen molar-refractivity contribution in [1.29, 1.82) is 0 Å². The molecule has 6 heteroatoms. The largest absolute Gasteiger partial charge is 0.385 e. The fourth-order valence-electron chi connectivity index (χ4n) is 2.05. The van der Waals surface area contributed by atoms with E-state index >= 15 is 0 Å². The molecule has 1 aliphatic rings. The van der Waals surface area contributed by atoms with Crippen molar-refractivity contribution in [3.05, 3.63) is 20.8 Å². The number of rotatable bonds is 3. The third-order valence-corrected chi connectivity index (χ3v) is 4.92. The fourth-order valence-corrected chi connectivity index (χ4v) is 3.49. The molecular weight excluding hydrogens is 312 g/mol. The molecule has 0 spiro atoms. The Kier molecular flexibility index (Phi) is 4.18. The predicted molar refractivity (Wildman–Crippen MR) is 67.5 cm³/mol. The highest BCUT2D eigenvalue weighted by molar-refractivity contribution is 9.10. The lowest BCUT2D eigenvalue weighted by Gasteiger charge is -2.35. The average Bonchev–Trinajstić information content (AvgIpc) is 2.66. The molecule has 96 valence electrons. The maximum Gasteiger partial charge on any atom is 0.274 e. The van der Waals surface area contributed by atoms with Crippen LogP contribution in [0, 0.1) is 0 Å². The summed E-state index contributed by atoms with van der Waals surface area (Å²) in [5.41, 5.74) is 1.04. The summed E-state index contributed by atoms with van der Waals surface area (Å²) in [6.45, 7) is 0.502. The van der Waals surface area contributed by atoms with Gasteiger partial charge in [0.05, 0.1) is 0 Å². The molecule has 0 aromatic carbocycles. The minimum Gasteiger partial charge on any atom is -0.385 e. The molecule has 17 heavy (non-hydrogen) atoms. The highest BCUT2D eigenvalue weighted by atomic mass is 79.9. The van der Waals surface area contributed by atoms with E-state index in [4.69, 9.17) is 0 Å². The van der Waals surface area contributed by atoms with E-state index in [1.165, 1.54) is 0 Å². The third kappa shape index (κ3) is 3.05. The summed E-state index contributed by atoms with van der Waals surface area (Å²) in [6.07, 6.45) is -0.742. The minimum atomic E-state index is -2.96. The van der Waals surface area contributed by atoms with Gasteiger partial charge in [-0.25, -0.2) is 8.78 Å². The van der Waals surface area contributed by atoms with Gasteiger partial charge in [0.25, 0.3) is 5.92 Å². The SMILES string of the molecule is O[C@@H]1[C@@H](NCc2cscc2Br)CCCC1(F)F. The number of nitrogens with one attached hydrogen (secondary N) is 1. The van der Waals surface area contributed by atoms with E-state index in [1.54, 1.807) is 11.3 Å². The summed E-state index contributed by atoms with van der Waals surface area (Å²) in [6, 6.07) is -0.523. The molecule has 0 bridgehead atoms. The lowest BCUT2D eigenvalue weighted by Crippen LogP contribution is -2.52. The van der Waals surface area contributed by atoms with Gasteiger partial charge in [0, 0.05) is 28.9 Å². The normalized spacial score (nSPS) is 28.2. The molecule has 2 nitrogen and oxygen atoms in total. The van der Waals surface area contributed by atoms with E-state index in [2.05, 4.69) is 21.2 Å². The van der Waals surface area contributed by atoms with Crippen LogP contribution in [0.5, 0.6) is 0 Å². The van der Waals surface area contributed by atoms with Gasteiger partial charge >= 0.3 is 0 Å². The van der Waals surface area contributed by atoms with Crippen molar-refractivity contribution >= 4 is 27.3 Å². The molecule has 2 atom stereocenters. The number of hydrogen-bond acceptors (Lipinski definition) is 3. The standard InChI is InChI=1S/C11H14BrF2NOS/c12-8-6-17-5-7(8)4-15-9-2-1-3-11(13,14)10(9)16/h5-6,9-10,15-16H,1-4H2/t9-,10+/m0/s1. The summed E-state index contributed by atoms with van der Waals surface area (Å²) in [5, 5.41) is 16.5.